The number of hydrogen-bond acceptors (Lipinski definition) is 7. The van der Waals surface area contributed by atoms with Gasteiger partial charge < -0.3 is 18.9 Å². The van der Waals surface area contributed by atoms with Crippen LogP contribution in [-0.4, -0.2) is 44.8 Å². The maximum atomic E-state index is 11.7. The maximum Gasteiger partial charge on any atom is 0.384 e. The van der Waals surface area contributed by atoms with E-state index in [1.165, 1.54) is 7.11 Å². The summed E-state index contributed by atoms with van der Waals surface area (Å²) >= 11 is 0. The molecule has 0 amide bonds. The molecule has 0 aliphatic carbocycles. The van der Waals surface area contributed by atoms with Crippen molar-refractivity contribution in [3.63, 3.8) is 0 Å². The normalized spacial score (nSPS) is 10.3. The van der Waals surface area contributed by atoms with Gasteiger partial charge in [0.2, 0.25) is 0 Å². The molecule has 0 radical (unpaired) electrons. The molecule has 0 aromatic heterocycles. The molecule has 1 N–H and O–H groups in total. The molecule has 0 aliphatic heterocycles. The lowest BCUT2D eigenvalue weighted by atomic mass is 10.2. The zero-order valence-corrected chi connectivity index (χ0v) is 15.8. The van der Waals surface area contributed by atoms with Crippen molar-refractivity contribution in [2.24, 2.45) is 0 Å². The SMILES string of the molecule is COc1ccc(COC(=O)CNCC#CC(=O)OC(C)(C)C)cc1OC. The van der Waals surface area contributed by atoms with Gasteiger partial charge in [-0.2, -0.15) is 0 Å². The summed E-state index contributed by atoms with van der Waals surface area (Å²) in [5.74, 6) is 5.07. The summed E-state index contributed by atoms with van der Waals surface area (Å²) in [5.41, 5.74) is 0.202. The van der Waals surface area contributed by atoms with Gasteiger partial charge in [-0.1, -0.05) is 12.0 Å². The van der Waals surface area contributed by atoms with E-state index in [0.29, 0.717) is 11.5 Å². The van der Waals surface area contributed by atoms with Crippen molar-refractivity contribution in [1.29, 1.82) is 0 Å². The predicted molar refractivity (Wildman–Crippen MR) is 95.8 cm³/mol. The van der Waals surface area contributed by atoms with Gasteiger partial charge >= 0.3 is 11.9 Å². The van der Waals surface area contributed by atoms with Crippen LogP contribution < -0.4 is 14.8 Å². The van der Waals surface area contributed by atoms with Gasteiger partial charge in [-0.25, -0.2) is 4.79 Å². The Balaban J connectivity index is 2.33. The predicted octanol–water partition coefficient (Wildman–Crippen LogP) is 1.68. The van der Waals surface area contributed by atoms with Gasteiger partial charge in [-0.3, -0.25) is 10.1 Å². The van der Waals surface area contributed by atoms with E-state index in [4.69, 9.17) is 18.9 Å². The van der Waals surface area contributed by atoms with Crippen molar-refractivity contribution in [1.82, 2.24) is 5.32 Å². The number of ether oxygens (including phenoxy) is 4. The summed E-state index contributed by atoms with van der Waals surface area (Å²) in [5, 5.41) is 2.78. The van der Waals surface area contributed by atoms with Crippen LogP contribution in [0.15, 0.2) is 18.2 Å². The molecule has 0 heterocycles. The Morgan fingerprint density at radius 1 is 1.12 bits per heavy atom. The van der Waals surface area contributed by atoms with Crippen LogP contribution >= 0.6 is 0 Å². The summed E-state index contributed by atoms with van der Waals surface area (Å²) in [7, 11) is 3.09. The molecule has 0 bridgehead atoms. The minimum absolute atomic E-state index is 0.0176. The quantitative estimate of drug-likeness (QED) is 0.341. The Kier molecular flexibility index (Phi) is 8.46. The number of esters is 2. The highest BCUT2D eigenvalue weighted by Crippen LogP contribution is 2.27. The minimum atomic E-state index is -0.602. The molecule has 7 nitrogen and oxygen atoms in total. The van der Waals surface area contributed by atoms with E-state index < -0.39 is 17.5 Å². The number of benzene rings is 1. The zero-order chi connectivity index (χ0) is 19.6. The molecule has 0 spiro atoms. The first-order valence-corrected chi connectivity index (χ1v) is 8.04. The summed E-state index contributed by atoms with van der Waals surface area (Å²) in [6.07, 6.45) is 0. The highest BCUT2D eigenvalue weighted by atomic mass is 16.6. The monoisotopic (exact) mass is 363 g/mol. The number of methoxy groups -OCH3 is 2. The lowest BCUT2D eigenvalue weighted by Crippen LogP contribution is -2.25. The Morgan fingerprint density at radius 3 is 2.42 bits per heavy atom. The lowest BCUT2D eigenvalue weighted by molar-refractivity contribution is -0.147. The lowest BCUT2D eigenvalue weighted by Gasteiger charge is -2.16. The van der Waals surface area contributed by atoms with E-state index in [1.54, 1.807) is 46.1 Å². The summed E-state index contributed by atoms with van der Waals surface area (Å²) in [6.45, 7) is 5.56. The average molecular weight is 363 g/mol. The number of carbonyl (C=O) groups is 2. The molecule has 0 atom stereocenters. The Morgan fingerprint density at radius 2 is 1.81 bits per heavy atom. The van der Waals surface area contributed by atoms with Gasteiger partial charge in [0.15, 0.2) is 11.5 Å². The third kappa shape index (κ3) is 8.40. The molecule has 26 heavy (non-hydrogen) atoms. The van der Waals surface area contributed by atoms with Crippen LogP contribution in [0.25, 0.3) is 0 Å². The van der Waals surface area contributed by atoms with E-state index >= 15 is 0 Å². The molecular weight excluding hydrogens is 338 g/mol. The van der Waals surface area contributed by atoms with Gasteiger partial charge in [0.1, 0.15) is 12.2 Å². The molecule has 1 aromatic rings. The van der Waals surface area contributed by atoms with Crippen molar-refractivity contribution < 1.29 is 28.5 Å². The first-order chi connectivity index (χ1) is 12.2. The topological polar surface area (TPSA) is 83.1 Å². The first-order valence-electron chi connectivity index (χ1n) is 8.04. The van der Waals surface area contributed by atoms with Crippen LogP contribution in [0.4, 0.5) is 0 Å². The van der Waals surface area contributed by atoms with E-state index in [2.05, 4.69) is 17.2 Å². The van der Waals surface area contributed by atoms with E-state index in [0.717, 1.165) is 5.56 Å². The molecule has 7 heteroatoms. The average Bonchev–Trinajstić information content (AvgIpc) is 2.57. The van der Waals surface area contributed by atoms with E-state index in [1.807, 2.05) is 0 Å². The van der Waals surface area contributed by atoms with Gasteiger partial charge in [0.25, 0.3) is 0 Å². The highest BCUT2D eigenvalue weighted by Gasteiger charge is 2.14. The zero-order valence-electron chi connectivity index (χ0n) is 15.8. The summed E-state index contributed by atoms with van der Waals surface area (Å²) in [6, 6.07) is 5.27. The van der Waals surface area contributed by atoms with Crippen LogP contribution in [0.1, 0.15) is 26.3 Å². The van der Waals surface area contributed by atoms with E-state index in [-0.39, 0.29) is 19.7 Å². The van der Waals surface area contributed by atoms with E-state index in [9.17, 15) is 9.59 Å². The Bertz CT molecular complexity index is 681. The van der Waals surface area contributed by atoms with Crippen molar-refractivity contribution in [3.8, 4) is 23.3 Å². The standard InChI is InChI=1S/C19H25NO6/c1-19(2,3)26-17(21)7-6-10-20-12-18(22)25-13-14-8-9-15(23-4)16(11-14)24-5/h8-9,11,20H,10,12-13H2,1-5H3. The molecule has 0 saturated carbocycles. The molecule has 0 aliphatic rings. The summed E-state index contributed by atoms with van der Waals surface area (Å²) in [4.78, 5) is 23.1. The molecule has 0 saturated heterocycles. The number of rotatable bonds is 7. The number of carbonyl (C=O) groups excluding carboxylic acids is 2. The molecule has 142 valence electrons. The second-order valence-corrected chi connectivity index (χ2v) is 6.26. The van der Waals surface area contributed by atoms with Crippen molar-refractivity contribution in [2.45, 2.75) is 33.0 Å². The number of hydrogen-bond donors (Lipinski definition) is 1. The second kappa shape index (κ2) is 10.3. The molecule has 0 fully saturated rings. The smallest absolute Gasteiger partial charge is 0.384 e. The van der Waals surface area contributed by atoms with Gasteiger partial charge in [-0.15, -0.1) is 0 Å². The minimum Gasteiger partial charge on any atom is -0.493 e. The van der Waals surface area contributed by atoms with Crippen LogP contribution in [0, 0.1) is 11.8 Å². The van der Waals surface area contributed by atoms with Crippen molar-refractivity contribution in [2.75, 3.05) is 27.3 Å². The van der Waals surface area contributed by atoms with Gasteiger partial charge in [0.05, 0.1) is 27.3 Å². The number of nitrogens with one attached hydrogen (secondary N) is 1. The molecule has 0 unspecified atom stereocenters. The fourth-order valence-electron chi connectivity index (χ4n) is 1.83. The first kappa shape index (κ1) is 21.3. The second-order valence-electron chi connectivity index (χ2n) is 6.26. The highest BCUT2D eigenvalue weighted by molar-refractivity contribution is 5.88. The molecular formula is C19H25NO6. The molecule has 1 aromatic carbocycles. The van der Waals surface area contributed by atoms with Crippen LogP contribution in [0.3, 0.4) is 0 Å². The van der Waals surface area contributed by atoms with Crippen LogP contribution in [-0.2, 0) is 25.7 Å². The Labute approximate surface area is 154 Å². The van der Waals surface area contributed by atoms with Gasteiger partial charge in [-0.05, 0) is 38.5 Å². The van der Waals surface area contributed by atoms with Crippen molar-refractivity contribution >= 4 is 11.9 Å². The van der Waals surface area contributed by atoms with Crippen molar-refractivity contribution in [3.05, 3.63) is 23.8 Å². The third-order valence-electron chi connectivity index (χ3n) is 2.92. The summed E-state index contributed by atoms with van der Waals surface area (Å²) < 4.78 is 20.5. The third-order valence-corrected chi connectivity index (χ3v) is 2.92. The largest absolute Gasteiger partial charge is 0.493 e. The molecule has 1 rings (SSSR count). The Hall–Kier alpha value is -2.72. The van der Waals surface area contributed by atoms with Gasteiger partial charge in [0, 0.05) is 5.92 Å². The maximum absolute atomic E-state index is 11.7. The fourth-order valence-corrected chi connectivity index (χ4v) is 1.83. The fraction of sp³-hybridized carbons (Fsp3) is 0.474. The van der Waals surface area contributed by atoms with Crippen LogP contribution in [0.2, 0.25) is 0 Å². The van der Waals surface area contributed by atoms with Crippen LogP contribution in [0.5, 0.6) is 11.5 Å².